The van der Waals surface area contributed by atoms with Gasteiger partial charge in [0.1, 0.15) is 11.5 Å². The molecule has 1 amide bonds. The number of methoxy groups -OCH3 is 1. The van der Waals surface area contributed by atoms with Crippen molar-refractivity contribution in [3.8, 4) is 11.5 Å². The van der Waals surface area contributed by atoms with Gasteiger partial charge in [0.05, 0.1) is 24.5 Å². The molecular weight excluding hydrogens is 416 g/mol. The molecule has 0 saturated carbocycles. The number of piperidine rings is 1. The minimum atomic E-state index is -3.69. The first-order valence-electron chi connectivity index (χ1n) is 10.4. The molecular formula is C23H30N2O5S. The van der Waals surface area contributed by atoms with Gasteiger partial charge in [-0.3, -0.25) is 4.79 Å². The zero-order valence-corrected chi connectivity index (χ0v) is 19.3. The molecule has 1 heterocycles. The summed E-state index contributed by atoms with van der Waals surface area (Å²) in [6, 6.07) is 12.1. The van der Waals surface area contributed by atoms with Crippen LogP contribution < -0.4 is 14.4 Å². The number of amides is 1. The van der Waals surface area contributed by atoms with Gasteiger partial charge in [0, 0.05) is 25.8 Å². The third-order valence-corrected chi connectivity index (χ3v) is 7.47. The van der Waals surface area contributed by atoms with Crippen molar-refractivity contribution in [2.45, 2.75) is 31.6 Å². The van der Waals surface area contributed by atoms with Crippen LogP contribution in [0, 0.1) is 12.8 Å². The summed E-state index contributed by atoms with van der Waals surface area (Å²) < 4.78 is 38.6. The number of nitrogens with zero attached hydrogens (tertiary/aromatic N) is 2. The molecule has 0 spiro atoms. The number of hydrogen-bond acceptors (Lipinski definition) is 5. The molecule has 2 aromatic rings. The predicted molar refractivity (Wildman–Crippen MR) is 120 cm³/mol. The average Bonchev–Trinajstić information content (AvgIpc) is 2.79. The van der Waals surface area contributed by atoms with Crippen LogP contribution in [0.5, 0.6) is 11.5 Å². The molecule has 1 aliphatic rings. The van der Waals surface area contributed by atoms with Crippen LogP contribution in [0.3, 0.4) is 0 Å². The fourth-order valence-corrected chi connectivity index (χ4v) is 5.43. The Balaban J connectivity index is 1.75. The van der Waals surface area contributed by atoms with E-state index in [4.69, 9.17) is 9.47 Å². The Hall–Kier alpha value is -2.58. The molecule has 1 aliphatic heterocycles. The fourth-order valence-electron chi connectivity index (χ4n) is 3.82. The Bertz CT molecular complexity index is 1020. The lowest BCUT2D eigenvalue weighted by Crippen LogP contribution is -2.45. The van der Waals surface area contributed by atoms with Gasteiger partial charge >= 0.3 is 0 Å². The molecule has 2 aromatic carbocycles. The second-order valence-corrected chi connectivity index (χ2v) is 9.60. The van der Waals surface area contributed by atoms with Crippen LogP contribution >= 0.6 is 0 Å². The van der Waals surface area contributed by atoms with Gasteiger partial charge < -0.3 is 14.4 Å². The lowest BCUT2D eigenvalue weighted by atomic mass is 9.98. The number of sulfonamides is 1. The molecule has 0 aromatic heterocycles. The van der Waals surface area contributed by atoms with E-state index in [9.17, 15) is 13.2 Å². The first-order chi connectivity index (χ1) is 14.8. The van der Waals surface area contributed by atoms with E-state index < -0.39 is 10.0 Å². The van der Waals surface area contributed by atoms with Crippen LogP contribution in [-0.4, -0.2) is 52.5 Å². The molecule has 0 radical (unpaired) electrons. The van der Waals surface area contributed by atoms with E-state index in [0.717, 1.165) is 11.3 Å². The van der Waals surface area contributed by atoms with Crippen molar-refractivity contribution in [2.24, 2.45) is 5.92 Å². The summed E-state index contributed by atoms with van der Waals surface area (Å²) in [5.74, 6) is 0.909. The Morgan fingerprint density at radius 3 is 2.52 bits per heavy atom. The SMILES string of the molecule is CCOc1ccc(S(=O)(=O)N2CCC[C@@H](C(=O)N(C)c3ccc(OC)cc3)C2)cc1C. The molecule has 0 aliphatic carbocycles. The monoisotopic (exact) mass is 446 g/mol. The number of carbonyl (C=O) groups is 1. The number of aryl methyl sites for hydroxylation is 1. The van der Waals surface area contributed by atoms with Crippen LogP contribution in [-0.2, 0) is 14.8 Å². The Morgan fingerprint density at radius 1 is 1.19 bits per heavy atom. The van der Waals surface area contributed by atoms with E-state index in [2.05, 4.69) is 0 Å². The van der Waals surface area contributed by atoms with Gasteiger partial charge in [-0.05, 0) is 74.7 Å². The van der Waals surface area contributed by atoms with Gasteiger partial charge in [-0.15, -0.1) is 0 Å². The number of rotatable bonds is 7. The zero-order valence-electron chi connectivity index (χ0n) is 18.5. The van der Waals surface area contributed by atoms with Gasteiger partial charge in [0.25, 0.3) is 0 Å². The third-order valence-electron chi connectivity index (χ3n) is 5.61. The lowest BCUT2D eigenvalue weighted by molar-refractivity contribution is -0.123. The molecule has 3 rings (SSSR count). The Kier molecular flexibility index (Phi) is 7.23. The molecule has 31 heavy (non-hydrogen) atoms. The Labute approximate surface area is 184 Å². The van der Waals surface area contributed by atoms with E-state index in [1.54, 1.807) is 49.4 Å². The van der Waals surface area contributed by atoms with Gasteiger partial charge in [-0.25, -0.2) is 8.42 Å². The van der Waals surface area contributed by atoms with Crippen molar-refractivity contribution in [1.82, 2.24) is 4.31 Å². The first-order valence-corrected chi connectivity index (χ1v) is 11.9. The summed E-state index contributed by atoms with van der Waals surface area (Å²) in [6.07, 6.45) is 1.30. The second-order valence-electron chi connectivity index (χ2n) is 7.66. The summed E-state index contributed by atoms with van der Waals surface area (Å²) in [5.41, 5.74) is 1.51. The van der Waals surface area contributed by atoms with E-state index in [1.165, 1.54) is 4.31 Å². The maximum Gasteiger partial charge on any atom is 0.243 e. The number of hydrogen-bond donors (Lipinski definition) is 0. The Morgan fingerprint density at radius 2 is 1.90 bits per heavy atom. The number of anilines is 1. The lowest BCUT2D eigenvalue weighted by Gasteiger charge is -2.33. The molecule has 1 fully saturated rings. The molecule has 168 valence electrons. The highest BCUT2D eigenvalue weighted by molar-refractivity contribution is 7.89. The summed E-state index contributed by atoms with van der Waals surface area (Å²) in [4.78, 5) is 14.9. The number of benzene rings is 2. The third kappa shape index (κ3) is 5.02. The largest absolute Gasteiger partial charge is 0.497 e. The van der Waals surface area contributed by atoms with Crippen molar-refractivity contribution in [3.05, 3.63) is 48.0 Å². The van der Waals surface area contributed by atoms with Crippen LogP contribution in [0.25, 0.3) is 0 Å². The molecule has 0 unspecified atom stereocenters. The summed E-state index contributed by atoms with van der Waals surface area (Å²) in [6.45, 7) is 4.82. The van der Waals surface area contributed by atoms with Gasteiger partial charge in [0.15, 0.2) is 0 Å². The second kappa shape index (κ2) is 9.70. The molecule has 0 bridgehead atoms. The van der Waals surface area contributed by atoms with E-state index in [1.807, 2.05) is 26.0 Å². The highest BCUT2D eigenvalue weighted by Gasteiger charge is 2.35. The standard InChI is InChI=1S/C23H30N2O5S/c1-5-30-22-13-12-21(15-17(22)2)31(27,28)25-14-6-7-18(16-25)23(26)24(3)19-8-10-20(29-4)11-9-19/h8-13,15,18H,5-7,14,16H2,1-4H3/t18-/m1/s1. The number of carbonyl (C=O) groups excluding carboxylic acids is 1. The van der Waals surface area contributed by atoms with Crippen molar-refractivity contribution in [2.75, 3.05) is 38.8 Å². The molecule has 7 nitrogen and oxygen atoms in total. The number of ether oxygens (including phenoxy) is 2. The quantitative estimate of drug-likeness (QED) is 0.651. The highest BCUT2D eigenvalue weighted by Crippen LogP contribution is 2.29. The summed E-state index contributed by atoms with van der Waals surface area (Å²) >= 11 is 0. The van der Waals surface area contributed by atoms with Gasteiger partial charge in [-0.1, -0.05) is 0 Å². The van der Waals surface area contributed by atoms with Crippen molar-refractivity contribution in [3.63, 3.8) is 0 Å². The van der Waals surface area contributed by atoms with Gasteiger partial charge in [0.2, 0.25) is 15.9 Å². The summed E-state index contributed by atoms with van der Waals surface area (Å²) in [7, 11) is -0.386. The maximum atomic E-state index is 13.2. The maximum absolute atomic E-state index is 13.2. The smallest absolute Gasteiger partial charge is 0.243 e. The van der Waals surface area contributed by atoms with Crippen LogP contribution in [0.1, 0.15) is 25.3 Å². The zero-order chi connectivity index (χ0) is 22.6. The normalized spacial score (nSPS) is 17.2. The van der Waals surface area contributed by atoms with Crippen LogP contribution in [0.2, 0.25) is 0 Å². The topological polar surface area (TPSA) is 76.2 Å². The molecule has 1 saturated heterocycles. The minimum Gasteiger partial charge on any atom is -0.497 e. The minimum absolute atomic E-state index is 0.0899. The predicted octanol–water partition coefficient (Wildman–Crippen LogP) is 3.47. The summed E-state index contributed by atoms with van der Waals surface area (Å²) in [5, 5.41) is 0. The van der Waals surface area contributed by atoms with Crippen LogP contribution in [0.15, 0.2) is 47.4 Å². The van der Waals surface area contributed by atoms with Gasteiger partial charge in [-0.2, -0.15) is 4.31 Å². The molecule has 8 heteroatoms. The first kappa shape index (κ1) is 23.1. The van der Waals surface area contributed by atoms with E-state index in [-0.39, 0.29) is 23.3 Å². The van der Waals surface area contributed by atoms with Crippen LogP contribution in [0.4, 0.5) is 5.69 Å². The van der Waals surface area contributed by atoms with E-state index >= 15 is 0 Å². The van der Waals surface area contributed by atoms with Crippen molar-refractivity contribution in [1.29, 1.82) is 0 Å². The fraction of sp³-hybridized carbons (Fsp3) is 0.435. The van der Waals surface area contributed by atoms with E-state index in [0.29, 0.717) is 37.5 Å². The van der Waals surface area contributed by atoms with Crippen molar-refractivity contribution >= 4 is 21.6 Å². The highest BCUT2D eigenvalue weighted by atomic mass is 32.2. The molecule has 0 N–H and O–H groups in total. The molecule has 1 atom stereocenters. The van der Waals surface area contributed by atoms with Crippen molar-refractivity contribution < 1.29 is 22.7 Å². The average molecular weight is 447 g/mol.